The van der Waals surface area contributed by atoms with E-state index in [1.165, 1.54) is 12.1 Å². The molecular formula is C24H25ClN2O4S. The third kappa shape index (κ3) is 5.81. The van der Waals surface area contributed by atoms with Crippen LogP contribution in [0.3, 0.4) is 0 Å². The minimum atomic E-state index is -3.98. The van der Waals surface area contributed by atoms with E-state index in [2.05, 4.69) is 5.32 Å². The van der Waals surface area contributed by atoms with Crippen LogP contribution in [0.4, 0.5) is 5.69 Å². The fourth-order valence-electron chi connectivity index (χ4n) is 3.14. The molecule has 168 valence electrons. The molecule has 0 bridgehead atoms. The van der Waals surface area contributed by atoms with Gasteiger partial charge in [0.2, 0.25) is 5.91 Å². The van der Waals surface area contributed by atoms with Gasteiger partial charge in [0, 0.05) is 5.02 Å². The van der Waals surface area contributed by atoms with Crippen molar-refractivity contribution < 1.29 is 17.9 Å². The molecular weight excluding hydrogens is 448 g/mol. The van der Waals surface area contributed by atoms with Gasteiger partial charge in [-0.2, -0.15) is 0 Å². The maximum absolute atomic E-state index is 13.4. The second kappa shape index (κ2) is 10.5. The van der Waals surface area contributed by atoms with E-state index in [0.29, 0.717) is 22.0 Å². The molecule has 6 nitrogen and oxygen atoms in total. The first-order valence-electron chi connectivity index (χ1n) is 10.1. The lowest BCUT2D eigenvalue weighted by Crippen LogP contribution is -2.42. The quantitative estimate of drug-likeness (QED) is 0.470. The minimum Gasteiger partial charge on any atom is -0.492 e. The van der Waals surface area contributed by atoms with Crippen molar-refractivity contribution in [2.24, 2.45) is 0 Å². The average Bonchev–Trinajstić information content (AvgIpc) is 2.78. The Balaban J connectivity index is 1.74. The molecule has 0 unspecified atom stereocenters. The summed E-state index contributed by atoms with van der Waals surface area (Å²) in [4.78, 5) is 12.8. The molecule has 3 rings (SSSR count). The number of amides is 1. The van der Waals surface area contributed by atoms with Gasteiger partial charge in [-0.3, -0.25) is 9.10 Å². The highest BCUT2D eigenvalue weighted by molar-refractivity contribution is 7.92. The molecule has 3 aromatic carbocycles. The zero-order valence-corrected chi connectivity index (χ0v) is 19.5. The van der Waals surface area contributed by atoms with Crippen LogP contribution in [0.5, 0.6) is 5.75 Å². The molecule has 1 N–H and O–H groups in total. The number of carbonyl (C=O) groups is 1. The first-order chi connectivity index (χ1) is 15.3. The highest BCUT2D eigenvalue weighted by Gasteiger charge is 2.28. The Labute approximate surface area is 193 Å². The molecule has 0 aliphatic rings. The molecule has 0 aromatic heterocycles. The summed E-state index contributed by atoms with van der Waals surface area (Å²) >= 11 is 6.22. The van der Waals surface area contributed by atoms with Crippen molar-refractivity contribution in [3.63, 3.8) is 0 Å². The van der Waals surface area contributed by atoms with Gasteiger partial charge in [0.05, 0.1) is 17.1 Å². The van der Waals surface area contributed by atoms with E-state index >= 15 is 0 Å². The number of benzene rings is 3. The van der Waals surface area contributed by atoms with Gasteiger partial charge in [-0.25, -0.2) is 8.42 Å². The molecule has 0 saturated carbocycles. The first kappa shape index (κ1) is 23.6. The predicted octanol–water partition coefficient (Wildman–Crippen LogP) is 4.35. The Hall–Kier alpha value is -3.03. The minimum absolute atomic E-state index is 0.0926. The van der Waals surface area contributed by atoms with Crippen LogP contribution in [0, 0.1) is 13.8 Å². The highest BCUT2D eigenvalue weighted by atomic mass is 35.5. The predicted molar refractivity (Wildman–Crippen MR) is 127 cm³/mol. The van der Waals surface area contributed by atoms with Gasteiger partial charge >= 0.3 is 0 Å². The van der Waals surface area contributed by atoms with E-state index in [1.54, 1.807) is 43.3 Å². The summed E-state index contributed by atoms with van der Waals surface area (Å²) in [5, 5.41) is 3.14. The average molecular weight is 473 g/mol. The number of rotatable bonds is 9. The number of anilines is 1. The molecule has 0 atom stereocenters. The number of hydrogen-bond donors (Lipinski definition) is 1. The van der Waals surface area contributed by atoms with Crippen LogP contribution in [-0.2, 0) is 14.8 Å². The molecule has 0 radical (unpaired) electrons. The van der Waals surface area contributed by atoms with E-state index in [0.717, 1.165) is 9.87 Å². The standard InChI is InChI=1S/C24H25ClN2O4S/c1-18-8-6-9-20(16-18)31-15-14-26-24(28)17-27(23-13-7-12-22(25)19(23)2)32(29,30)21-10-4-3-5-11-21/h3-13,16H,14-15,17H2,1-2H3,(H,26,28). The van der Waals surface area contributed by atoms with Crippen LogP contribution in [0.1, 0.15) is 11.1 Å². The van der Waals surface area contributed by atoms with Crippen LogP contribution < -0.4 is 14.4 Å². The molecule has 0 heterocycles. The second-order valence-corrected chi connectivity index (χ2v) is 9.49. The summed E-state index contributed by atoms with van der Waals surface area (Å²) in [6.07, 6.45) is 0. The largest absolute Gasteiger partial charge is 0.492 e. The lowest BCUT2D eigenvalue weighted by molar-refractivity contribution is -0.119. The number of aryl methyl sites for hydroxylation is 1. The number of nitrogens with zero attached hydrogens (tertiary/aromatic N) is 1. The van der Waals surface area contributed by atoms with Crippen molar-refractivity contribution in [2.75, 3.05) is 24.0 Å². The summed E-state index contributed by atoms with van der Waals surface area (Å²) in [7, 11) is -3.98. The lowest BCUT2D eigenvalue weighted by atomic mass is 10.2. The Morgan fingerprint density at radius 2 is 1.72 bits per heavy atom. The van der Waals surface area contributed by atoms with E-state index < -0.39 is 15.9 Å². The van der Waals surface area contributed by atoms with Gasteiger partial charge < -0.3 is 10.1 Å². The number of nitrogens with one attached hydrogen (secondary N) is 1. The van der Waals surface area contributed by atoms with Gasteiger partial charge in [-0.05, 0) is 61.4 Å². The summed E-state index contributed by atoms with van der Waals surface area (Å²) in [5.41, 5.74) is 2.00. The van der Waals surface area contributed by atoms with E-state index in [1.807, 2.05) is 31.2 Å². The maximum Gasteiger partial charge on any atom is 0.264 e. The molecule has 0 aliphatic heterocycles. The van der Waals surface area contributed by atoms with Gasteiger partial charge in [0.1, 0.15) is 18.9 Å². The van der Waals surface area contributed by atoms with Crippen molar-refractivity contribution in [3.8, 4) is 5.75 Å². The first-order valence-corrected chi connectivity index (χ1v) is 11.9. The van der Waals surface area contributed by atoms with Crippen LogP contribution in [-0.4, -0.2) is 34.0 Å². The molecule has 3 aromatic rings. The van der Waals surface area contributed by atoms with Gasteiger partial charge in [-0.1, -0.05) is 48.0 Å². The van der Waals surface area contributed by atoms with Gasteiger partial charge in [-0.15, -0.1) is 0 Å². The van der Waals surface area contributed by atoms with Crippen molar-refractivity contribution in [3.05, 3.63) is 88.9 Å². The lowest BCUT2D eigenvalue weighted by Gasteiger charge is -2.26. The fraction of sp³-hybridized carbons (Fsp3) is 0.208. The van der Waals surface area contributed by atoms with Crippen LogP contribution >= 0.6 is 11.6 Å². The van der Waals surface area contributed by atoms with Gasteiger partial charge in [0.25, 0.3) is 10.0 Å². The smallest absolute Gasteiger partial charge is 0.264 e. The van der Waals surface area contributed by atoms with Crippen LogP contribution in [0.25, 0.3) is 0 Å². The number of hydrogen-bond acceptors (Lipinski definition) is 4. The number of sulfonamides is 1. The Kier molecular flexibility index (Phi) is 7.77. The number of ether oxygens (including phenoxy) is 1. The third-order valence-corrected chi connectivity index (χ3v) is 6.99. The van der Waals surface area contributed by atoms with Crippen LogP contribution in [0.2, 0.25) is 5.02 Å². The fourth-order valence-corrected chi connectivity index (χ4v) is 4.81. The van der Waals surface area contributed by atoms with Gasteiger partial charge in [0.15, 0.2) is 0 Å². The normalized spacial score (nSPS) is 11.1. The zero-order chi connectivity index (χ0) is 23.1. The maximum atomic E-state index is 13.4. The van der Waals surface area contributed by atoms with Crippen molar-refractivity contribution in [1.29, 1.82) is 0 Å². The van der Waals surface area contributed by atoms with E-state index in [4.69, 9.17) is 16.3 Å². The third-order valence-electron chi connectivity index (χ3n) is 4.81. The summed E-state index contributed by atoms with van der Waals surface area (Å²) in [6.45, 7) is 3.80. The molecule has 0 spiro atoms. The topological polar surface area (TPSA) is 75.7 Å². The van der Waals surface area contributed by atoms with Crippen molar-refractivity contribution in [2.45, 2.75) is 18.7 Å². The second-order valence-electron chi connectivity index (χ2n) is 7.22. The molecule has 8 heteroatoms. The Morgan fingerprint density at radius 3 is 2.44 bits per heavy atom. The highest BCUT2D eigenvalue weighted by Crippen LogP contribution is 2.30. The SMILES string of the molecule is Cc1cccc(OCCNC(=O)CN(c2cccc(Cl)c2C)S(=O)(=O)c2ccccc2)c1. The van der Waals surface area contributed by atoms with Crippen molar-refractivity contribution in [1.82, 2.24) is 5.32 Å². The van der Waals surface area contributed by atoms with E-state index in [9.17, 15) is 13.2 Å². The van der Waals surface area contributed by atoms with Crippen LogP contribution in [0.15, 0.2) is 77.7 Å². The number of carbonyl (C=O) groups excluding carboxylic acids is 1. The molecule has 0 aliphatic carbocycles. The Morgan fingerprint density at radius 1 is 1.00 bits per heavy atom. The molecule has 0 saturated heterocycles. The summed E-state index contributed by atoms with van der Waals surface area (Å²) in [6, 6.07) is 20.6. The molecule has 32 heavy (non-hydrogen) atoms. The monoisotopic (exact) mass is 472 g/mol. The molecule has 1 amide bonds. The molecule has 0 fully saturated rings. The van der Waals surface area contributed by atoms with Crippen molar-refractivity contribution >= 4 is 33.2 Å². The number of halogens is 1. The zero-order valence-electron chi connectivity index (χ0n) is 17.9. The Bertz CT molecular complexity index is 1180. The van der Waals surface area contributed by atoms with E-state index in [-0.39, 0.29) is 24.6 Å². The summed E-state index contributed by atoms with van der Waals surface area (Å²) in [5.74, 6) is 0.263. The summed E-state index contributed by atoms with van der Waals surface area (Å²) < 4.78 is 33.4.